The SMILES string of the molecule is CCCC([NH])C(=O)N1CCOCC1. The fourth-order valence-corrected chi connectivity index (χ4v) is 1.42. The fourth-order valence-electron chi connectivity index (χ4n) is 1.42. The molecule has 1 radical (unpaired) electrons. The Morgan fingerprint density at radius 2 is 2.15 bits per heavy atom. The Kier molecular flexibility index (Phi) is 4.18. The Morgan fingerprint density at radius 1 is 1.54 bits per heavy atom. The molecule has 75 valence electrons. The zero-order valence-electron chi connectivity index (χ0n) is 8.08. The van der Waals surface area contributed by atoms with Gasteiger partial charge in [0.1, 0.15) is 6.04 Å². The Balaban J connectivity index is 2.36. The number of hydrogen-bond donors (Lipinski definition) is 0. The van der Waals surface area contributed by atoms with Crippen molar-refractivity contribution in [1.82, 2.24) is 10.6 Å². The predicted octanol–water partition coefficient (Wildman–Crippen LogP) is 0.297. The average molecular weight is 185 g/mol. The molecule has 1 aliphatic heterocycles. The summed E-state index contributed by atoms with van der Waals surface area (Å²) in [7, 11) is 0. The minimum atomic E-state index is -0.567. The third-order valence-electron chi connectivity index (χ3n) is 2.20. The van der Waals surface area contributed by atoms with Crippen LogP contribution in [0.15, 0.2) is 0 Å². The van der Waals surface area contributed by atoms with Crippen LogP contribution in [0.4, 0.5) is 0 Å². The van der Waals surface area contributed by atoms with E-state index in [2.05, 4.69) is 0 Å². The molecule has 0 aromatic carbocycles. The first kappa shape index (κ1) is 10.5. The Bertz CT molecular complexity index is 167. The highest BCUT2D eigenvalue weighted by atomic mass is 16.5. The second kappa shape index (κ2) is 5.19. The van der Waals surface area contributed by atoms with Crippen molar-refractivity contribution < 1.29 is 9.53 Å². The van der Waals surface area contributed by atoms with Crippen LogP contribution < -0.4 is 5.73 Å². The second-order valence-electron chi connectivity index (χ2n) is 3.28. The number of nitrogens with one attached hydrogen (secondary N) is 1. The molecule has 1 atom stereocenters. The van der Waals surface area contributed by atoms with Gasteiger partial charge in [-0.1, -0.05) is 13.3 Å². The summed E-state index contributed by atoms with van der Waals surface area (Å²) in [6.45, 7) is 4.53. The van der Waals surface area contributed by atoms with Crippen molar-refractivity contribution in [1.29, 1.82) is 0 Å². The monoisotopic (exact) mass is 185 g/mol. The summed E-state index contributed by atoms with van der Waals surface area (Å²) >= 11 is 0. The highest BCUT2D eigenvalue weighted by molar-refractivity contribution is 5.81. The molecule has 0 spiro atoms. The van der Waals surface area contributed by atoms with Crippen LogP contribution in [0.3, 0.4) is 0 Å². The lowest BCUT2D eigenvalue weighted by molar-refractivity contribution is -0.137. The molecule has 1 N–H and O–H groups in total. The van der Waals surface area contributed by atoms with Gasteiger partial charge in [0, 0.05) is 13.1 Å². The van der Waals surface area contributed by atoms with E-state index in [0.717, 1.165) is 6.42 Å². The van der Waals surface area contributed by atoms with Gasteiger partial charge in [0.05, 0.1) is 13.2 Å². The summed E-state index contributed by atoms with van der Waals surface area (Å²) < 4.78 is 5.13. The van der Waals surface area contributed by atoms with Gasteiger partial charge >= 0.3 is 0 Å². The molecule has 1 aliphatic rings. The molecule has 1 fully saturated rings. The van der Waals surface area contributed by atoms with Crippen LogP contribution in [0, 0.1) is 0 Å². The van der Waals surface area contributed by atoms with E-state index >= 15 is 0 Å². The first-order valence-corrected chi connectivity index (χ1v) is 4.83. The van der Waals surface area contributed by atoms with Crippen LogP contribution in [-0.4, -0.2) is 43.2 Å². The summed E-state index contributed by atoms with van der Waals surface area (Å²) in [5, 5.41) is 0. The number of amides is 1. The molecule has 0 bridgehead atoms. The van der Waals surface area contributed by atoms with E-state index in [4.69, 9.17) is 10.5 Å². The standard InChI is InChI=1S/C9H17N2O2/c1-2-3-8(10)9(12)11-4-6-13-7-5-11/h8,10H,2-7H2,1H3. The lowest BCUT2D eigenvalue weighted by Gasteiger charge is -2.28. The minimum Gasteiger partial charge on any atom is -0.378 e. The van der Waals surface area contributed by atoms with Gasteiger partial charge in [-0.15, -0.1) is 0 Å². The molecule has 1 saturated heterocycles. The van der Waals surface area contributed by atoms with Gasteiger partial charge in [0.15, 0.2) is 0 Å². The maximum absolute atomic E-state index is 11.6. The molecular formula is C9H17N2O2. The molecule has 0 saturated carbocycles. The topological polar surface area (TPSA) is 53.3 Å². The number of hydrogen-bond acceptors (Lipinski definition) is 2. The largest absolute Gasteiger partial charge is 0.378 e. The van der Waals surface area contributed by atoms with Crippen molar-refractivity contribution in [3.05, 3.63) is 0 Å². The van der Waals surface area contributed by atoms with Crippen LogP contribution in [0.1, 0.15) is 19.8 Å². The fraction of sp³-hybridized carbons (Fsp3) is 0.889. The quantitative estimate of drug-likeness (QED) is 0.635. The Morgan fingerprint density at radius 3 is 2.69 bits per heavy atom. The minimum absolute atomic E-state index is 0.0369. The summed E-state index contributed by atoms with van der Waals surface area (Å²) in [4.78, 5) is 13.3. The molecule has 0 aromatic rings. The number of ether oxygens (including phenoxy) is 1. The molecule has 1 unspecified atom stereocenters. The van der Waals surface area contributed by atoms with E-state index in [9.17, 15) is 4.79 Å². The average Bonchev–Trinajstić information content (AvgIpc) is 2.18. The van der Waals surface area contributed by atoms with E-state index in [-0.39, 0.29) is 5.91 Å². The van der Waals surface area contributed by atoms with Gasteiger partial charge in [0.25, 0.3) is 0 Å². The molecule has 4 heteroatoms. The predicted molar refractivity (Wildman–Crippen MR) is 49.2 cm³/mol. The van der Waals surface area contributed by atoms with Crippen molar-refractivity contribution in [2.24, 2.45) is 0 Å². The van der Waals surface area contributed by atoms with Crippen molar-refractivity contribution >= 4 is 5.91 Å². The van der Waals surface area contributed by atoms with Gasteiger partial charge in [-0.3, -0.25) is 4.79 Å². The maximum Gasteiger partial charge on any atom is 0.241 e. The zero-order chi connectivity index (χ0) is 9.68. The summed E-state index contributed by atoms with van der Waals surface area (Å²) in [6, 6.07) is -0.567. The highest BCUT2D eigenvalue weighted by Crippen LogP contribution is 2.04. The number of nitrogens with zero attached hydrogens (tertiary/aromatic N) is 1. The van der Waals surface area contributed by atoms with Gasteiger partial charge in [-0.2, -0.15) is 0 Å². The van der Waals surface area contributed by atoms with E-state index in [1.807, 2.05) is 6.92 Å². The smallest absolute Gasteiger partial charge is 0.241 e. The number of carbonyl (C=O) groups is 1. The zero-order valence-corrected chi connectivity index (χ0v) is 8.08. The third-order valence-corrected chi connectivity index (χ3v) is 2.20. The molecule has 0 aliphatic carbocycles. The van der Waals surface area contributed by atoms with Crippen LogP contribution in [0.2, 0.25) is 0 Å². The molecule has 1 rings (SSSR count). The highest BCUT2D eigenvalue weighted by Gasteiger charge is 2.22. The van der Waals surface area contributed by atoms with E-state index < -0.39 is 6.04 Å². The van der Waals surface area contributed by atoms with Gasteiger partial charge in [0.2, 0.25) is 5.91 Å². The van der Waals surface area contributed by atoms with Crippen molar-refractivity contribution in [2.75, 3.05) is 26.3 Å². The first-order valence-electron chi connectivity index (χ1n) is 4.83. The van der Waals surface area contributed by atoms with Crippen LogP contribution in [-0.2, 0) is 9.53 Å². The van der Waals surface area contributed by atoms with Gasteiger partial charge in [-0.05, 0) is 6.42 Å². The Hall–Kier alpha value is -0.610. The molecular weight excluding hydrogens is 168 g/mol. The van der Waals surface area contributed by atoms with Crippen molar-refractivity contribution in [3.63, 3.8) is 0 Å². The number of carbonyl (C=O) groups excluding carboxylic acids is 1. The Labute approximate surface area is 79.0 Å². The maximum atomic E-state index is 11.6. The molecule has 4 nitrogen and oxygen atoms in total. The lowest BCUT2D eigenvalue weighted by atomic mass is 10.1. The van der Waals surface area contributed by atoms with E-state index in [1.54, 1.807) is 4.90 Å². The van der Waals surface area contributed by atoms with Gasteiger partial charge < -0.3 is 9.64 Å². The number of morpholine rings is 1. The normalized spacial score (nSPS) is 20.0. The van der Waals surface area contributed by atoms with Crippen molar-refractivity contribution in [3.8, 4) is 0 Å². The second-order valence-corrected chi connectivity index (χ2v) is 3.28. The summed E-state index contributed by atoms with van der Waals surface area (Å²) in [5.74, 6) is -0.0369. The lowest BCUT2D eigenvalue weighted by Crippen LogP contribution is -2.46. The van der Waals surface area contributed by atoms with E-state index in [0.29, 0.717) is 32.7 Å². The summed E-state index contributed by atoms with van der Waals surface area (Å²) in [5.41, 5.74) is 7.58. The first-order chi connectivity index (χ1) is 6.25. The van der Waals surface area contributed by atoms with Crippen LogP contribution >= 0.6 is 0 Å². The van der Waals surface area contributed by atoms with E-state index in [1.165, 1.54) is 0 Å². The van der Waals surface area contributed by atoms with Crippen LogP contribution in [0.25, 0.3) is 0 Å². The summed E-state index contributed by atoms with van der Waals surface area (Å²) in [6.07, 6.45) is 1.56. The number of rotatable bonds is 3. The van der Waals surface area contributed by atoms with Crippen LogP contribution in [0.5, 0.6) is 0 Å². The molecule has 1 amide bonds. The third kappa shape index (κ3) is 2.97. The van der Waals surface area contributed by atoms with Gasteiger partial charge in [-0.25, -0.2) is 5.73 Å². The molecule has 0 aromatic heterocycles. The van der Waals surface area contributed by atoms with Crippen molar-refractivity contribution in [2.45, 2.75) is 25.8 Å². The molecule has 13 heavy (non-hydrogen) atoms. The molecule has 1 heterocycles.